The summed E-state index contributed by atoms with van der Waals surface area (Å²) in [5.74, 6) is -0.310. The van der Waals surface area contributed by atoms with E-state index < -0.39 is 40.8 Å². The summed E-state index contributed by atoms with van der Waals surface area (Å²) < 4.78 is 80.2. The molecule has 176 valence electrons. The molecule has 3 aromatic rings. The number of halogens is 6. The number of nitrogens with zero attached hydrogens (tertiary/aromatic N) is 4. The number of benzene rings is 1. The summed E-state index contributed by atoms with van der Waals surface area (Å²) in [6, 6.07) is 9.39. The highest BCUT2D eigenvalue weighted by atomic mass is 19.4. The lowest BCUT2D eigenvalue weighted by Gasteiger charge is -2.30. The molecule has 1 saturated heterocycles. The lowest BCUT2D eigenvalue weighted by molar-refractivity contribution is -0.142. The van der Waals surface area contributed by atoms with E-state index >= 15 is 0 Å². The molecule has 1 aliphatic rings. The summed E-state index contributed by atoms with van der Waals surface area (Å²) >= 11 is 0. The van der Waals surface area contributed by atoms with Crippen molar-refractivity contribution in [3.8, 4) is 0 Å². The predicted octanol–water partition coefficient (Wildman–Crippen LogP) is 3.90. The van der Waals surface area contributed by atoms with Crippen molar-refractivity contribution >= 4 is 17.5 Å². The van der Waals surface area contributed by atoms with Crippen molar-refractivity contribution in [2.24, 2.45) is 5.73 Å². The Labute approximate surface area is 183 Å². The molecule has 0 unspecified atom stereocenters. The first-order chi connectivity index (χ1) is 15.4. The number of fused-ring (bicyclic) bond motifs is 1. The Morgan fingerprint density at radius 1 is 1.06 bits per heavy atom. The minimum absolute atomic E-state index is 0.0123. The fourth-order valence-electron chi connectivity index (χ4n) is 3.98. The van der Waals surface area contributed by atoms with Crippen LogP contribution in [0.5, 0.6) is 0 Å². The molecule has 13 heteroatoms. The molecule has 0 saturated carbocycles. The van der Waals surface area contributed by atoms with Crippen LogP contribution in [0.2, 0.25) is 0 Å². The fraction of sp³-hybridized carbons (Fsp3) is 0.350. The van der Waals surface area contributed by atoms with Crippen molar-refractivity contribution in [3.05, 3.63) is 59.4 Å². The number of alkyl halides is 6. The minimum atomic E-state index is -4.88. The smallest absolute Gasteiger partial charge is 0.369 e. The Balaban J connectivity index is 1.75. The quantitative estimate of drug-likeness (QED) is 0.564. The number of hydrogen-bond donors (Lipinski definition) is 2. The molecule has 0 spiro atoms. The highest BCUT2D eigenvalue weighted by molar-refractivity contribution is 5.72. The normalized spacial score (nSPS) is 19.3. The maximum atomic E-state index is 13.4. The minimum Gasteiger partial charge on any atom is -0.369 e. The first kappa shape index (κ1) is 22.7. The number of amides is 2. The fourth-order valence-corrected chi connectivity index (χ4v) is 3.98. The van der Waals surface area contributed by atoms with Crippen molar-refractivity contribution in [3.63, 3.8) is 0 Å². The van der Waals surface area contributed by atoms with Gasteiger partial charge in [-0.15, -0.1) is 0 Å². The van der Waals surface area contributed by atoms with Crippen LogP contribution in [0.25, 0.3) is 5.65 Å². The van der Waals surface area contributed by atoms with Crippen molar-refractivity contribution in [2.45, 2.75) is 24.2 Å². The molecule has 2 amide bonds. The van der Waals surface area contributed by atoms with Crippen LogP contribution in [-0.2, 0) is 17.8 Å². The highest BCUT2D eigenvalue weighted by Crippen LogP contribution is 2.36. The first-order valence-electron chi connectivity index (χ1n) is 9.78. The van der Waals surface area contributed by atoms with E-state index in [2.05, 4.69) is 15.4 Å². The first-order valence-corrected chi connectivity index (χ1v) is 9.78. The van der Waals surface area contributed by atoms with E-state index in [1.807, 2.05) is 12.1 Å². The van der Waals surface area contributed by atoms with Crippen molar-refractivity contribution in [2.75, 3.05) is 25.0 Å². The lowest BCUT2D eigenvalue weighted by atomic mass is 9.79. The molecule has 33 heavy (non-hydrogen) atoms. The number of anilines is 1. The van der Waals surface area contributed by atoms with Gasteiger partial charge in [0.25, 0.3) is 0 Å². The van der Waals surface area contributed by atoms with Crippen LogP contribution in [0.3, 0.4) is 0 Å². The molecule has 7 nitrogen and oxygen atoms in total. The third-order valence-corrected chi connectivity index (χ3v) is 5.67. The Kier molecular flexibility index (Phi) is 5.37. The Hall–Kier alpha value is -3.51. The van der Waals surface area contributed by atoms with Crippen LogP contribution in [0.4, 0.5) is 37.0 Å². The summed E-state index contributed by atoms with van der Waals surface area (Å²) in [5.41, 5.74) is 2.16. The van der Waals surface area contributed by atoms with Gasteiger partial charge in [-0.25, -0.2) is 9.78 Å². The zero-order valence-corrected chi connectivity index (χ0v) is 16.9. The van der Waals surface area contributed by atoms with E-state index in [-0.39, 0.29) is 18.9 Å². The van der Waals surface area contributed by atoms with E-state index in [4.69, 9.17) is 5.73 Å². The van der Waals surface area contributed by atoms with Gasteiger partial charge in [0.1, 0.15) is 5.82 Å². The SMILES string of the molecule is NC(=O)N1CC[C@](CNc2cc(C(F)(F)F)nc3cc(C(F)(F)F)nn23)(c2ccccc2)C1. The molecule has 0 aliphatic carbocycles. The van der Waals surface area contributed by atoms with E-state index in [0.717, 1.165) is 5.56 Å². The number of likely N-dealkylation sites (tertiary alicyclic amines) is 1. The summed E-state index contributed by atoms with van der Waals surface area (Å²) in [5, 5.41) is 6.23. The second-order valence-electron chi connectivity index (χ2n) is 7.83. The molecular formula is C20H18F6N6O. The number of primary amides is 1. The number of hydrogen-bond acceptors (Lipinski definition) is 4. The summed E-state index contributed by atoms with van der Waals surface area (Å²) in [4.78, 5) is 16.4. The Bertz CT molecular complexity index is 1180. The Morgan fingerprint density at radius 3 is 2.30 bits per heavy atom. The number of aromatic nitrogens is 3. The van der Waals surface area contributed by atoms with Gasteiger partial charge in [-0.2, -0.15) is 36.0 Å². The second-order valence-corrected chi connectivity index (χ2v) is 7.83. The number of urea groups is 1. The standard InChI is InChI=1S/C20H18F6N6O/c21-19(22,23)13-8-15(32-16(29-13)9-14(30-32)20(24,25)26)28-10-18(12-4-2-1-3-5-12)6-7-31(11-18)17(27)33/h1-5,8-9,28H,6-7,10-11H2,(H2,27,33)/t18-/m1/s1. The summed E-state index contributed by atoms with van der Waals surface area (Å²) in [7, 11) is 0. The lowest BCUT2D eigenvalue weighted by Crippen LogP contribution is -2.41. The van der Waals surface area contributed by atoms with Gasteiger partial charge in [0.05, 0.1) is 0 Å². The molecule has 3 N–H and O–H groups in total. The van der Waals surface area contributed by atoms with Gasteiger partial charge in [-0.3, -0.25) is 0 Å². The average molecular weight is 472 g/mol. The maximum Gasteiger partial charge on any atom is 0.435 e. The molecule has 1 atom stereocenters. The van der Waals surface area contributed by atoms with Crippen molar-refractivity contribution in [1.29, 1.82) is 0 Å². The third-order valence-electron chi connectivity index (χ3n) is 5.67. The van der Waals surface area contributed by atoms with Gasteiger partial charge >= 0.3 is 18.4 Å². The van der Waals surface area contributed by atoms with Crippen LogP contribution in [-0.4, -0.2) is 45.2 Å². The van der Waals surface area contributed by atoms with Gasteiger partial charge < -0.3 is 16.0 Å². The van der Waals surface area contributed by atoms with Gasteiger partial charge in [-0.05, 0) is 12.0 Å². The highest BCUT2D eigenvalue weighted by Gasteiger charge is 2.42. The molecule has 3 heterocycles. The molecular weight excluding hydrogens is 454 g/mol. The maximum absolute atomic E-state index is 13.4. The number of carbonyl (C=O) groups is 1. The van der Waals surface area contributed by atoms with Crippen molar-refractivity contribution in [1.82, 2.24) is 19.5 Å². The monoisotopic (exact) mass is 472 g/mol. The van der Waals surface area contributed by atoms with E-state index in [1.165, 1.54) is 4.90 Å². The largest absolute Gasteiger partial charge is 0.435 e. The van der Waals surface area contributed by atoms with Gasteiger partial charge in [0.15, 0.2) is 17.0 Å². The molecule has 0 bridgehead atoms. The number of rotatable bonds is 4. The van der Waals surface area contributed by atoms with Gasteiger partial charge in [-0.1, -0.05) is 30.3 Å². The molecule has 1 aromatic carbocycles. The summed E-state index contributed by atoms with van der Waals surface area (Å²) in [6.45, 7) is 0.524. The van der Waals surface area contributed by atoms with Crippen LogP contribution in [0.1, 0.15) is 23.4 Å². The number of nitrogens with two attached hydrogens (primary N) is 1. The molecule has 2 aromatic heterocycles. The zero-order chi connectivity index (χ0) is 24.0. The van der Waals surface area contributed by atoms with Crippen LogP contribution in [0, 0.1) is 0 Å². The van der Waals surface area contributed by atoms with E-state index in [1.54, 1.807) is 18.2 Å². The third kappa shape index (κ3) is 4.39. The van der Waals surface area contributed by atoms with Crippen LogP contribution >= 0.6 is 0 Å². The zero-order valence-electron chi connectivity index (χ0n) is 16.9. The topological polar surface area (TPSA) is 88.5 Å². The Morgan fingerprint density at radius 2 is 1.73 bits per heavy atom. The number of carbonyl (C=O) groups excluding carboxylic acids is 1. The van der Waals surface area contributed by atoms with Gasteiger partial charge in [0.2, 0.25) is 0 Å². The van der Waals surface area contributed by atoms with Crippen molar-refractivity contribution < 1.29 is 31.1 Å². The molecule has 1 fully saturated rings. The molecule has 0 radical (unpaired) electrons. The second kappa shape index (κ2) is 7.81. The van der Waals surface area contributed by atoms with Crippen LogP contribution < -0.4 is 11.1 Å². The van der Waals surface area contributed by atoms with E-state index in [0.29, 0.717) is 29.6 Å². The summed E-state index contributed by atoms with van der Waals surface area (Å²) in [6.07, 6.45) is -9.30. The molecule has 4 rings (SSSR count). The van der Waals surface area contributed by atoms with Crippen LogP contribution in [0.15, 0.2) is 42.5 Å². The number of nitrogens with one attached hydrogen (secondary N) is 1. The average Bonchev–Trinajstić information content (AvgIpc) is 3.37. The van der Waals surface area contributed by atoms with E-state index in [9.17, 15) is 31.1 Å². The predicted molar refractivity (Wildman–Crippen MR) is 105 cm³/mol. The molecule has 1 aliphatic heterocycles. The van der Waals surface area contributed by atoms with Gasteiger partial charge in [0, 0.05) is 37.2 Å².